The zero-order valence-corrected chi connectivity index (χ0v) is 46.0. The lowest BCUT2D eigenvalue weighted by molar-refractivity contribution is -0.193. The monoisotopic (exact) mass is 1090 g/mol. The van der Waals surface area contributed by atoms with Gasteiger partial charge in [0.05, 0.1) is 60.6 Å². The van der Waals surface area contributed by atoms with Crippen LogP contribution in [0, 0.1) is 25.1 Å². The molecule has 5 N–H and O–H groups in total. The first-order valence-electron chi connectivity index (χ1n) is 22.3. The molecule has 1 aliphatic heterocycles. The summed E-state index contributed by atoms with van der Waals surface area (Å²) in [5.41, 5.74) is 4.02. The van der Waals surface area contributed by atoms with Crippen molar-refractivity contribution in [3.8, 4) is 18.1 Å². The number of anilines is 4. The zero-order chi connectivity index (χ0) is 54.2. The SMILES string of the molecule is C#CC(C)Oc1cc(N2C(=O)C3=C(CCCC3)C2=O)c(F)cc1Cl.CCNc1nc(Cl)nc(NC(C)C)n1.CCc1cccc(C)c1N(C(=O)CCl)C(C)COC.C[S+](C)C.O=C(O)CNCP(=O)([O-])O. The molecule has 0 bridgehead atoms. The number of hydrogen-bond donors (Lipinski definition) is 5. The Morgan fingerprint density at radius 1 is 1.04 bits per heavy atom. The quantitative estimate of drug-likeness (QED) is 0.0294. The summed E-state index contributed by atoms with van der Waals surface area (Å²) in [6.07, 6.45) is 14.2. The number of carboxylic acid groups (broad SMARTS) is 1. The first-order chi connectivity index (χ1) is 33.3. The number of rotatable bonds is 17. The van der Waals surface area contributed by atoms with Gasteiger partial charge in [0.15, 0.2) is 6.10 Å². The van der Waals surface area contributed by atoms with E-state index in [2.05, 4.69) is 63.3 Å². The van der Waals surface area contributed by atoms with Crippen LogP contribution in [0.3, 0.4) is 0 Å². The van der Waals surface area contributed by atoms with Crippen LogP contribution in [-0.4, -0.2) is 125 Å². The Hall–Kier alpha value is -4.55. The Labute approximate surface area is 434 Å². The normalized spacial score (nSPS) is 14.4. The number of ether oxygens (including phenoxy) is 2. The van der Waals surface area contributed by atoms with Gasteiger partial charge in [-0.1, -0.05) is 42.6 Å². The predicted octanol–water partition coefficient (Wildman–Crippen LogP) is 7.22. The minimum atomic E-state index is -4.35. The Morgan fingerprint density at radius 2 is 1.62 bits per heavy atom. The number of terminal acetylenes is 1. The van der Waals surface area contributed by atoms with E-state index in [9.17, 15) is 33.0 Å². The molecule has 0 spiro atoms. The van der Waals surface area contributed by atoms with Gasteiger partial charge < -0.3 is 44.5 Å². The molecular formula is C47H67Cl3FN8O10PS. The topological polar surface area (TPSA) is 249 Å². The van der Waals surface area contributed by atoms with Crippen molar-refractivity contribution in [1.29, 1.82) is 0 Å². The lowest BCUT2D eigenvalue weighted by Crippen LogP contribution is -2.43. The van der Waals surface area contributed by atoms with Crippen LogP contribution in [0.1, 0.15) is 78.4 Å². The van der Waals surface area contributed by atoms with E-state index in [-0.39, 0.29) is 45.6 Å². The highest BCUT2D eigenvalue weighted by molar-refractivity contribution is 7.94. The number of methoxy groups -OCH3 is 1. The van der Waals surface area contributed by atoms with Gasteiger partial charge in [-0.25, -0.2) is 9.29 Å². The first kappa shape index (κ1) is 64.5. The van der Waals surface area contributed by atoms with E-state index in [0.717, 1.165) is 53.6 Å². The summed E-state index contributed by atoms with van der Waals surface area (Å²) >= 11 is 17.5. The molecule has 1 aliphatic carbocycles. The molecule has 3 amide bonds. The Kier molecular flexibility index (Phi) is 29.5. The molecule has 3 aromatic rings. The van der Waals surface area contributed by atoms with Gasteiger partial charge in [-0.05, 0) is 113 Å². The van der Waals surface area contributed by atoms with E-state index < -0.39 is 50.1 Å². The Morgan fingerprint density at radius 3 is 2.10 bits per heavy atom. The third-order valence-electron chi connectivity index (χ3n) is 9.29. The van der Waals surface area contributed by atoms with Crippen LogP contribution in [0.15, 0.2) is 41.5 Å². The largest absolute Gasteiger partial charge is 0.778 e. The van der Waals surface area contributed by atoms with Gasteiger partial charge in [0.2, 0.25) is 23.1 Å². The highest BCUT2D eigenvalue weighted by atomic mass is 35.5. The molecule has 0 saturated carbocycles. The molecule has 2 aliphatic rings. The van der Waals surface area contributed by atoms with Crippen molar-refractivity contribution in [3.05, 3.63) is 68.7 Å². The van der Waals surface area contributed by atoms with E-state index in [4.69, 9.17) is 60.7 Å². The number of carboxylic acids is 1. The smallest absolute Gasteiger partial charge is 0.317 e. The van der Waals surface area contributed by atoms with E-state index in [1.165, 1.54) is 6.07 Å². The number of amides is 3. The summed E-state index contributed by atoms with van der Waals surface area (Å²) in [5.74, 6) is 0.517. The molecule has 394 valence electrons. The van der Waals surface area contributed by atoms with Crippen LogP contribution in [-0.2, 0) is 45.8 Å². The minimum absolute atomic E-state index is 0.0223. The van der Waals surface area contributed by atoms with E-state index in [0.29, 0.717) is 53.4 Å². The predicted molar refractivity (Wildman–Crippen MR) is 282 cm³/mol. The fourth-order valence-electron chi connectivity index (χ4n) is 6.50. The van der Waals surface area contributed by atoms with Crippen LogP contribution < -0.4 is 35.4 Å². The maximum atomic E-state index is 14.4. The fourth-order valence-corrected chi connectivity index (χ4v) is 7.38. The molecule has 3 atom stereocenters. The van der Waals surface area contributed by atoms with Crippen molar-refractivity contribution in [2.24, 2.45) is 0 Å². The number of aliphatic carboxylic acids is 1. The van der Waals surface area contributed by atoms with Crippen LogP contribution in [0.2, 0.25) is 10.3 Å². The number of alkyl halides is 1. The summed E-state index contributed by atoms with van der Waals surface area (Å²) in [4.78, 5) is 79.7. The van der Waals surface area contributed by atoms with Gasteiger partial charge in [0, 0.05) is 36.9 Å². The van der Waals surface area contributed by atoms with E-state index in [1.807, 2.05) is 52.1 Å². The second kappa shape index (κ2) is 32.5. The number of aryl methyl sites for hydroxylation is 2. The number of halogens is 4. The number of carbonyl (C=O) groups excluding carboxylic acids is 3. The molecule has 18 nitrogen and oxygen atoms in total. The Balaban J connectivity index is 0.000000482. The van der Waals surface area contributed by atoms with Gasteiger partial charge in [-0.2, -0.15) is 15.0 Å². The van der Waals surface area contributed by atoms with Crippen molar-refractivity contribution >= 4 is 100 Å². The molecule has 0 radical (unpaired) electrons. The third kappa shape index (κ3) is 22.8. The van der Waals surface area contributed by atoms with Crippen LogP contribution >= 0.6 is 42.4 Å². The number of carbonyl (C=O) groups is 4. The molecule has 0 fully saturated rings. The summed E-state index contributed by atoms with van der Waals surface area (Å²) in [5, 5.41) is 16.2. The number of aromatic nitrogens is 3. The standard InChI is InChI=1S/C18H15ClFNO3.C15H22ClNO2.C8H14ClN5.C3H8NO5P.C3H9S/c1-3-10(2)24-16-9-15(14(20)8-13(16)19)21-17(22)11-6-4-5-7-12(11)18(21)23;1-5-13-8-6-7-11(2)15(13)17(14(18)9-16)12(3)10-19-4;1-4-10-7-12-6(9)13-8(14-7)11-5(2)3;5-3(6)1-4-2-10(7,8)9;1-4(2)3/h1,8-10H,4-7H2,2H3;6-8,12H,5,9-10H2,1-4H3;5H,4H2,1-3H3,(H2,10,11,12,13,14);4H,1-2H2,(H,5,6)(H2,7,8,9);1-3H3/q;;;;+1/p-1. The molecule has 5 rings (SSSR count). The number of para-hydroxylation sites is 1. The number of imide groups is 1. The van der Waals surface area contributed by atoms with Crippen LogP contribution in [0.4, 0.5) is 27.7 Å². The van der Waals surface area contributed by atoms with Crippen molar-refractivity contribution in [2.45, 2.75) is 98.8 Å². The van der Waals surface area contributed by atoms with Gasteiger partial charge in [-0.3, -0.25) is 24.5 Å². The summed E-state index contributed by atoms with van der Waals surface area (Å²) < 4.78 is 34.9. The van der Waals surface area contributed by atoms with Gasteiger partial charge in [0.1, 0.15) is 25.0 Å². The van der Waals surface area contributed by atoms with Gasteiger partial charge in [0.25, 0.3) is 11.8 Å². The van der Waals surface area contributed by atoms with Crippen LogP contribution in [0.25, 0.3) is 0 Å². The van der Waals surface area contributed by atoms with Crippen molar-refractivity contribution in [3.63, 3.8) is 0 Å². The molecule has 3 unspecified atom stereocenters. The molecule has 2 heterocycles. The van der Waals surface area contributed by atoms with Crippen LogP contribution in [0.5, 0.6) is 5.75 Å². The van der Waals surface area contributed by atoms with Crippen molar-refractivity contribution in [1.82, 2.24) is 20.3 Å². The average molecular weight is 1090 g/mol. The summed E-state index contributed by atoms with van der Waals surface area (Å²) in [7, 11) is -2.07. The maximum absolute atomic E-state index is 14.4. The number of nitrogens with zero attached hydrogens (tertiary/aromatic N) is 5. The second-order valence-electron chi connectivity index (χ2n) is 16.3. The number of benzene rings is 2. The molecule has 0 saturated heterocycles. The fraction of sp³-hybridized carbons (Fsp3) is 0.511. The van der Waals surface area contributed by atoms with Gasteiger partial charge >= 0.3 is 5.97 Å². The molecule has 71 heavy (non-hydrogen) atoms. The molecular weight excluding hydrogens is 1020 g/mol. The lowest BCUT2D eigenvalue weighted by atomic mass is 9.93. The zero-order valence-electron chi connectivity index (χ0n) is 42.0. The second-order valence-corrected chi connectivity index (χ2v) is 21.4. The maximum Gasteiger partial charge on any atom is 0.317 e. The highest BCUT2D eigenvalue weighted by Gasteiger charge is 2.41. The Bertz CT molecular complexity index is 2340. The first-order valence-corrected chi connectivity index (χ1v) is 27.8. The van der Waals surface area contributed by atoms with E-state index in [1.54, 1.807) is 18.9 Å². The molecule has 24 heteroatoms. The van der Waals surface area contributed by atoms with Crippen molar-refractivity contribution < 1.29 is 52.5 Å². The van der Waals surface area contributed by atoms with Crippen molar-refractivity contribution in [2.75, 3.05) is 78.2 Å². The minimum Gasteiger partial charge on any atom is -0.778 e. The number of nitrogens with one attached hydrogen (secondary N) is 3. The summed E-state index contributed by atoms with van der Waals surface area (Å²) in [6, 6.07) is 8.58. The highest BCUT2D eigenvalue weighted by Crippen LogP contribution is 2.40. The van der Waals surface area contributed by atoms with Gasteiger partial charge in [-0.15, -0.1) is 18.0 Å². The molecule has 2 aromatic carbocycles. The molecule has 1 aromatic heterocycles. The third-order valence-corrected chi connectivity index (χ3v) is 10.6. The van der Waals surface area contributed by atoms with E-state index >= 15 is 0 Å². The average Bonchev–Trinajstić information content (AvgIpc) is 3.53. The number of hydrogen-bond acceptors (Lipinski definition) is 14. The summed E-state index contributed by atoms with van der Waals surface area (Å²) in [6.45, 7) is 14.4. The lowest BCUT2D eigenvalue weighted by Gasteiger charge is -2.31.